The Labute approximate surface area is 264 Å². The van der Waals surface area contributed by atoms with E-state index in [1.54, 1.807) is 0 Å². The second kappa shape index (κ2) is 13.1. The molecule has 216 valence electrons. The van der Waals surface area contributed by atoms with Crippen molar-refractivity contribution in [3.8, 4) is 0 Å². The van der Waals surface area contributed by atoms with Crippen molar-refractivity contribution in [1.29, 1.82) is 0 Å². The minimum absolute atomic E-state index is 0.0492. The molecule has 0 N–H and O–H groups in total. The summed E-state index contributed by atoms with van der Waals surface area (Å²) in [6, 6.07) is 22.4. The van der Waals surface area contributed by atoms with Gasteiger partial charge in [0.1, 0.15) is 0 Å². The molecule has 2 aliphatic carbocycles. The van der Waals surface area contributed by atoms with E-state index in [0.29, 0.717) is 17.9 Å². The van der Waals surface area contributed by atoms with Gasteiger partial charge in [-0.1, -0.05) is 144 Å². The fraction of sp³-hybridized carbons (Fsp3) is 0.432. The van der Waals surface area contributed by atoms with Gasteiger partial charge in [-0.15, -0.1) is 0 Å². The molecule has 3 atom stereocenters. The number of aliphatic imine (C=N–C) groups is 1. The minimum Gasteiger partial charge on any atom is -0.298 e. The summed E-state index contributed by atoms with van der Waals surface area (Å²) in [6.07, 6.45) is 16.4. The van der Waals surface area contributed by atoms with Gasteiger partial charge in [-0.2, -0.15) is 0 Å². The number of rotatable bonds is 9. The van der Waals surface area contributed by atoms with Crippen LogP contribution < -0.4 is 0 Å². The number of allylic oxidation sites excluding steroid dienone is 7. The van der Waals surface area contributed by atoms with Crippen LogP contribution in [0.4, 0.5) is 0 Å². The van der Waals surface area contributed by atoms with Crippen LogP contribution in [-0.2, 0) is 10.8 Å². The molecular weight excluding hydrogens is 632 g/mol. The van der Waals surface area contributed by atoms with Crippen LogP contribution in [0.3, 0.4) is 0 Å². The summed E-state index contributed by atoms with van der Waals surface area (Å²) >= 11 is 7.41. The molecule has 0 spiro atoms. The first-order valence-corrected chi connectivity index (χ1v) is 16.7. The normalized spacial score (nSPS) is 24.2. The van der Waals surface area contributed by atoms with E-state index in [1.807, 2.05) is 0 Å². The lowest BCUT2D eigenvalue weighted by Crippen LogP contribution is -2.36. The van der Waals surface area contributed by atoms with Crippen LogP contribution in [0.1, 0.15) is 64.5 Å². The first kappa shape index (κ1) is 30.4. The Bertz CT molecular complexity index is 1350. The van der Waals surface area contributed by atoms with Gasteiger partial charge in [-0.05, 0) is 65.4 Å². The molecule has 0 aromatic heterocycles. The highest BCUT2D eigenvalue weighted by atomic mass is 79.9. The molecule has 1 fully saturated rings. The molecule has 2 nitrogen and oxygen atoms in total. The molecule has 0 bridgehead atoms. The molecule has 2 aromatic rings. The Hall–Kier alpha value is -2.01. The SMILES string of the molecule is CC(C)(C1=CC(C=NCC2CCCN2CC2C=C(Br)C=C(Br)C2)CC(C(C)(C)c2ccccc2)=C1)c1ccccc1. The van der Waals surface area contributed by atoms with Crippen LogP contribution in [0.25, 0.3) is 0 Å². The van der Waals surface area contributed by atoms with Crippen LogP contribution in [-0.4, -0.2) is 36.8 Å². The van der Waals surface area contributed by atoms with E-state index >= 15 is 0 Å². The van der Waals surface area contributed by atoms with Gasteiger partial charge < -0.3 is 0 Å². The van der Waals surface area contributed by atoms with Gasteiger partial charge in [-0.25, -0.2) is 0 Å². The minimum atomic E-state index is -0.0848. The largest absolute Gasteiger partial charge is 0.298 e. The third-order valence-electron chi connectivity index (χ3n) is 9.42. The predicted octanol–water partition coefficient (Wildman–Crippen LogP) is 9.93. The molecule has 0 radical (unpaired) electrons. The highest BCUT2D eigenvalue weighted by Gasteiger charge is 2.34. The zero-order chi connectivity index (χ0) is 29.0. The third-order valence-corrected chi connectivity index (χ3v) is 10.5. The predicted molar refractivity (Wildman–Crippen MR) is 183 cm³/mol. The smallest absolute Gasteiger partial charge is 0.0541 e. The quantitative estimate of drug-likeness (QED) is 0.242. The van der Waals surface area contributed by atoms with E-state index in [1.165, 1.54) is 50.6 Å². The average molecular weight is 677 g/mol. The maximum Gasteiger partial charge on any atom is 0.0541 e. The number of likely N-dealkylation sites (tertiary alicyclic amines) is 1. The van der Waals surface area contributed by atoms with Gasteiger partial charge in [-0.3, -0.25) is 9.89 Å². The molecule has 2 aromatic carbocycles. The second-order valence-corrected chi connectivity index (χ2v) is 15.0. The van der Waals surface area contributed by atoms with E-state index in [9.17, 15) is 0 Å². The summed E-state index contributed by atoms with van der Waals surface area (Å²) in [5, 5.41) is 0. The van der Waals surface area contributed by atoms with E-state index in [4.69, 9.17) is 4.99 Å². The Morgan fingerprint density at radius 1 is 0.854 bits per heavy atom. The Balaban J connectivity index is 1.35. The van der Waals surface area contributed by atoms with E-state index in [-0.39, 0.29) is 10.8 Å². The van der Waals surface area contributed by atoms with Crippen LogP contribution in [0.15, 0.2) is 110 Å². The standard InChI is InChI=1S/C37H44Br2N2/c1-36(2,29-12-7-5-8-13-29)31-18-27(19-32(22-31)37(3,4)30-14-9-6-10-15-30)24-40-25-35-16-11-17-41(35)26-28-20-33(38)23-34(39)21-28/h5-10,12-15,18,20,22-24,27-28,35H,11,16-17,19,21,25-26H2,1-4H3. The molecule has 1 aliphatic heterocycles. The number of halogens is 2. The first-order chi connectivity index (χ1) is 19.6. The number of benzene rings is 2. The molecular formula is C37H44Br2N2. The first-order valence-electron chi connectivity index (χ1n) is 15.1. The molecule has 4 heteroatoms. The topological polar surface area (TPSA) is 15.6 Å². The maximum atomic E-state index is 5.14. The lowest BCUT2D eigenvalue weighted by atomic mass is 9.67. The fourth-order valence-electron chi connectivity index (χ4n) is 6.69. The van der Waals surface area contributed by atoms with Crippen molar-refractivity contribution in [2.75, 3.05) is 19.6 Å². The van der Waals surface area contributed by atoms with Crippen LogP contribution in [0.5, 0.6) is 0 Å². The van der Waals surface area contributed by atoms with E-state index in [0.717, 1.165) is 25.9 Å². The summed E-state index contributed by atoms with van der Waals surface area (Å²) in [4.78, 5) is 7.82. The van der Waals surface area contributed by atoms with E-state index in [2.05, 4.69) is 156 Å². The second-order valence-electron chi connectivity index (χ2n) is 13.1. The highest BCUT2D eigenvalue weighted by molar-refractivity contribution is 9.12. The van der Waals surface area contributed by atoms with Crippen molar-refractivity contribution >= 4 is 38.1 Å². The summed E-state index contributed by atoms with van der Waals surface area (Å²) in [5.41, 5.74) is 5.46. The molecule has 1 saturated heterocycles. The van der Waals surface area contributed by atoms with Crippen molar-refractivity contribution in [1.82, 2.24) is 4.90 Å². The zero-order valence-corrected chi connectivity index (χ0v) is 28.2. The molecule has 3 unspecified atom stereocenters. The molecule has 0 amide bonds. The molecule has 5 rings (SSSR count). The van der Waals surface area contributed by atoms with Gasteiger partial charge in [0.2, 0.25) is 0 Å². The number of hydrogen-bond acceptors (Lipinski definition) is 2. The lowest BCUT2D eigenvalue weighted by Gasteiger charge is -2.37. The molecule has 41 heavy (non-hydrogen) atoms. The number of hydrogen-bond donors (Lipinski definition) is 0. The van der Waals surface area contributed by atoms with Crippen molar-refractivity contribution in [3.05, 3.63) is 116 Å². The zero-order valence-electron chi connectivity index (χ0n) is 25.0. The third kappa shape index (κ3) is 7.32. The van der Waals surface area contributed by atoms with Gasteiger partial charge >= 0.3 is 0 Å². The van der Waals surface area contributed by atoms with Crippen LogP contribution in [0, 0.1) is 11.8 Å². The summed E-state index contributed by atoms with van der Waals surface area (Å²) in [5.74, 6) is 0.842. The van der Waals surface area contributed by atoms with Crippen LogP contribution >= 0.6 is 31.9 Å². The summed E-state index contributed by atoms with van der Waals surface area (Å²) in [7, 11) is 0. The maximum absolute atomic E-state index is 5.14. The highest BCUT2D eigenvalue weighted by Crippen LogP contribution is 2.43. The fourth-order valence-corrected chi connectivity index (χ4v) is 8.31. The van der Waals surface area contributed by atoms with Gasteiger partial charge in [0.15, 0.2) is 0 Å². The van der Waals surface area contributed by atoms with Gasteiger partial charge in [0.05, 0.1) is 6.54 Å². The Morgan fingerprint density at radius 3 is 2.17 bits per heavy atom. The number of nitrogens with zero attached hydrogens (tertiary/aromatic N) is 2. The summed E-state index contributed by atoms with van der Waals surface area (Å²) in [6.45, 7) is 12.7. The Kier molecular flexibility index (Phi) is 9.73. The van der Waals surface area contributed by atoms with Gasteiger partial charge in [0, 0.05) is 40.0 Å². The Morgan fingerprint density at radius 2 is 1.51 bits per heavy atom. The van der Waals surface area contributed by atoms with Crippen molar-refractivity contribution < 1.29 is 0 Å². The lowest BCUT2D eigenvalue weighted by molar-refractivity contribution is 0.234. The molecule has 1 heterocycles. The molecule has 3 aliphatic rings. The van der Waals surface area contributed by atoms with Gasteiger partial charge in [0.25, 0.3) is 0 Å². The van der Waals surface area contributed by atoms with Crippen molar-refractivity contribution in [2.24, 2.45) is 16.8 Å². The molecule has 0 saturated carbocycles. The van der Waals surface area contributed by atoms with Crippen LogP contribution in [0.2, 0.25) is 0 Å². The average Bonchev–Trinajstić information content (AvgIpc) is 3.39. The van der Waals surface area contributed by atoms with Crippen molar-refractivity contribution in [3.63, 3.8) is 0 Å². The van der Waals surface area contributed by atoms with E-state index < -0.39 is 0 Å². The monoisotopic (exact) mass is 674 g/mol. The van der Waals surface area contributed by atoms with Crippen molar-refractivity contribution in [2.45, 2.75) is 70.3 Å². The summed E-state index contributed by atoms with van der Waals surface area (Å²) < 4.78 is 2.47.